The molecule has 22 heavy (non-hydrogen) atoms. The summed E-state index contributed by atoms with van der Waals surface area (Å²) in [4.78, 5) is 16.4. The Hall–Kier alpha value is -2.27. The second-order valence-electron chi connectivity index (χ2n) is 5.60. The van der Waals surface area contributed by atoms with Gasteiger partial charge in [0, 0.05) is 23.8 Å². The van der Waals surface area contributed by atoms with E-state index in [1.807, 2.05) is 42.8 Å². The first-order valence-electron chi connectivity index (χ1n) is 7.11. The molecule has 1 aliphatic heterocycles. The molecule has 4 rings (SSSR count). The number of carbonyl (C=O) groups is 1. The lowest BCUT2D eigenvalue weighted by Crippen LogP contribution is -2.17. The zero-order valence-electron chi connectivity index (χ0n) is 12.3. The number of hydrogen-bond donors (Lipinski definition) is 1. The number of fused-ring (bicyclic) bond motifs is 3. The molecule has 0 bridgehead atoms. The molecule has 1 atom stereocenters. The molecule has 5 nitrogen and oxygen atoms in total. The summed E-state index contributed by atoms with van der Waals surface area (Å²) in [5.41, 5.74) is 4.74. The van der Waals surface area contributed by atoms with Crippen molar-refractivity contribution in [3.63, 3.8) is 0 Å². The maximum absolute atomic E-state index is 12.0. The average molecular weight is 315 g/mol. The number of aromatic nitrogens is 3. The van der Waals surface area contributed by atoms with Crippen molar-refractivity contribution in [3.8, 4) is 0 Å². The molecule has 3 aromatic rings. The Kier molecular flexibility index (Phi) is 2.81. The number of benzene rings is 1. The van der Waals surface area contributed by atoms with Crippen molar-refractivity contribution in [3.05, 3.63) is 53.2 Å². The number of halogens is 1. The van der Waals surface area contributed by atoms with Gasteiger partial charge in [-0.2, -0.15) is 0 Å². The summed E-state index contributed by atoms with van der Waals surface area (Å²) in [6, 6.07) is 7.84. The number of aryl methyl sites for hydroxylation is 1. The van der Waals surface area contributed by atoms with Crippen LogP contribution < -0.4 is 5.32 Å². The number of carbonyl (C=O) groups excluding carboxylic acids is 1. The zero-order chi connectivity index (χ0) is 15.4. The minimum absolute atomic E-state index is 0.0812. The number of amides is 1. The van der Waals surface area contributed by atoms with Crippen LogP contribution in [0.2, 0.25) is 0 Å². The van der Waals surface area contributed by atoms with Gasteiger partial charge in [-0.05, 0) is 24.6 Å². The highest BCUT2D eigenvalue weighted by atomic mass is 35.5. The topological polar surface area (TPSA) is 51.9 Å². The number of nitrogens with zero attached hydrogens (tertiary/aromatic N) is 3. The molecule has 112 valence electrons. The molecular weight excluding hydrogens is 300 g/mol. The van der Waals surface area contributed by atoms with Crippen LogP contribution in [0.15, 0.2) is 30.6 Å². The van der Waals surface area contributed by atoms with Crippen LogP contribution >= 0.6 is 11.6 Å². The molecule has 1 N–H and O–H groups in total. The lowest BCUT2D eigenvalue weighted by Gasteiger charge is -2.11. The third kappa shape index (κ3) is 1.72. The van der Waals surface area contributed by atoms with Gasteiger partial charge in [0.1, 0.15) is 5.38 Å². The van der Waals surface area contributed by atoms with Gasteiger partial charge in [0.05, 0.1) is 24.1 Å². The number of hydrogen-bond acceptors (Lipinski definition) is 2. The highest BCUT2D eigenvalue weighted by Crippen LogP contribution is 2.36. The highest BCUT2D eigenvalue weighted by molar-refractivity contribution is 6.23. The fourth-order valence-corrected chi connectivity index (χ4v) is 3.45. The summed E-state index contributed by atoms with van der Waals surface area (Å²) < 4.78 is 3.67. The summed E-state index contributed by atoms with van der Waals surface area (Å²) in [6.45, 7) is 2.56. The lowest BCUT2D eigenvalue weighted by molar-refractivity contribution is 0.247. The Bertz CT molecular complexity index is 908. The van der Waals surface area contributed by atoms with Crippen LogP contribution in [0.5, 0.6) is 0 Å². The van der Waals surface area contributed by atoms with Crippen molar-refractivity contribution in [1.29, 1.82) is 0 Å². The van der Waals surface area contributed by atoms with Crippen LogP contribution in [0, 0.1) is 6.92 Å². The van der Waals surface area contributed by atoms with Gasteiger partial charge in [-0.15, -0.1) is 11.6 Å². The Morgan fingerprint density at radius 2 is 2.23 bits per heavy atom. The van der Waals surface area contributed by atoms with Crippen LogP contribution in [0.1, 0.15) is 28.0 Å². The Morgan fingerprint density at radius 3 is 2.95 bits per heavy atom. The number of nitrogens with one attached hydrogen (secondary N) is 1. The van der Waals surface area contributed by atoms with Crippen molar-refractivity contribution in [2.45, 2.75) is 18.8 Å². The molecule has 1 amide bonds. The van der Waals surface area contributed by atoms with Gasteiger partial charge in [-0.1, -0.05) is 12.1 Å². The Morgan fingerprint density at radius 1 is 1.41 bits per heavy atom. The molecule has 0 radical (unpaired) electrons. The summed E-state index contributed by atoms with van der Waals surface area (Å²) in [5.74, 6) is 0. The molecule has 6 heteroatoms. The van der Waals surface area contributed by atoms with Crippen molar-refractivity contribution in [2.75, 3.05) is 0 Å². The number of alkyl halides is 1. The van der Waals surface area contributed by atoms with E-state index in [-0.39, 0.29) is 11.4 Å². The fraction of sp³-hybridized carbons (Fsp3) is 0.250. The first kappa shape index (κ1) is 13.4. The molecule has 0 saturated carbocycles. The van der Waals surface area contributed by atoms with E-state index in [1.165, 1.54) is 0 Å². The summed E-state index contributed by atoms with van der Waals surface area (Å²) in [7, 11) is 1.95. The van der Waals surface area contributed by atoms with Gasteiger partial charge < -0.3 is 9.88 Å². The van der Waals surface area contributed by atoms with Crippen LogP contribution in [0.25, 0.3) is 10.9 Å². The lowest BCUT2D eigenvalue weighted by atomic mass is 10.0. The maximum atomic E-state index is 12.0. The van der Waals surface area contributed by atoms with E-state index < -0.39 is 0 Å². The summed E-state index contributed by atoms with van der Waals surface area (Å²) in [5, 5.41) is 3.50. The van der Waals surface area contributed by atoms with Gasteiger partial charge in [-0.3, -0.25) is 4.57 Å². The molecule has 0 saturated heterocycles. The zero-order valence-corrected chi connectivity index (χ0v) is 13.1. The molecule has 0 aliphatic carbocycles. The van der Waals surface area contributed by atoms with Gasteiger partial charge in [-0.25, -0.2) is 9.78 Å². The van der Waals surface area contributed by atoms with Gasteiger partial charge >= 0.3 is 6.03 Å². The van der Waals surface area contributed by atoms with Crippen LogP contribution in [0.4, 0.5) is 4.79 Å². The Labute approximate surface area is 132 Å². The standard InChI is InChI=1S/C16H15ClN4O/c1-9-15(19-8-20(9)2)14(17)11-4-3-5-13-12(11)6-10-7-18-16(22)21(10)13/h3-6,8,14H,7H2,1-2H3,(H,18,22). The second-order valence-corrected chi connectivity index (χ2v) is 6.03. The monoisotopic (exact) mass is 314 g/mol. The van der Waals surface area contributed by atoms with Crippen molar-refractivity contribution < 1.29 is 4.79 Å². The first-order valence-corrected chi connectivity index (χ1v) is 7.55. The molecular formula is C16H15ClN4O. The molecule has 1 unspecified atom stereocenters. The van der Waals surface area contributed by atoms with Crippen LogP contribution in [-0.2, 0) is 13.6 Å². The SMILES string of the molecule is Cc1c(C(Cl)c2cccc3c2cc2n3C(=O)NC2)ncn1C. The van der Waals surface area contributed by atoms with Crippen molar-refractivity contribution in [2.24, 2.45) is 7.05 Å². The van der Waals surface area contributed by atoms with E-state index in [1.54, 1.807) is 10.9 Å². The third-order valence-electron chi connectivity index (χ3n) is 4.36. The van der Waals surface area contributed by atoms with Crippen LogP contribution in [0.3, 0.4) is 0 Å². The normalized spacial score (nSPS) is 15.1. The summed E-state index contributed by atoms with van der Waals surface area (Å²) in [6.07, 6.45) is 1.77. The predicted octanol–water partition coefficient (Wildman–Crippen LogP) is 3.08. The van der Waals surface area contributed by atoms with E-state index in [0.29, 0.717) is 6.54 Å². The number of imidazole rings is 1. The minimum atomic E-state index is -0.337. The van der Waals surface area contributed by atoms with E-state index in [0.717, 1.165) is 33.5 Å². The average Bonchev–Trinajstić information content (AvgIpc) is 3.15. The largest absolute Gasteiger partial charge is 0.338 e. The van der Waals surface area contributed by atoms with Gasteiger partial charge in [0.15, 0.2) is 0 Å². The highest BCUT2D eigenvalue weighted by Gasteiger charge is 2.25. The van der Waals surface area contributed by atoms with Gasteiger partial charge in [0.2, 0.25) is 0 Å². The maximum Gasteiger partial charge on any atom is 0.326 e. The van der Waals surface area contributed by atoms with E-state index in [2.05, 4.69) is 10.3 Å². The Balaban J connectivity index is 1.91. The quantitative estimate of drug-likeness (QED) is 0.739. The third-order valence-corrected chi connectivity index (χ3v) is 4.80. The van der Waals surface area contributed by atoms with E-state index in [4.69, 9.17) is 11.6 Å². The van der Waals surface area contributed by atoms with Gasteiger partial charge in [0.25, 0.3) is 0 Å². The second kappa shape index (κ2) is 4.61. The van der Waals surface area contributed by atoms with E-state index in [9.17, 15) is 4.79 Å². The molecule has 2 aromatic heterocycles. The molecule has 1 aromatic carbocycles. The summed E-state index contributed by atoms with van der Waals surface area (Å²) >= 11 is 6.70. The van der Waals surface area contributed by atoms with Crippen molar-refractivity contribution in [1.82, 2.24) is 19.4 Å². The molecule has 0 spiro atoms. The van der Waals surface area contributed by atoms with Crippen molar-refractivity contribution >= 4 is 28.5 Å². The fourth-order valence-electron chi connectivity index (χ4n) is 3.05. The molecule has 0 fully saturated rings. The minimum Gasteiger partial charge on any atom is -0.338 e. The number of rotatable bonds is 2. The molecule has 3 heterocycles. The van der Waals surface area contributed by atoms with E-state index >= 15 is 0 Å². The first-order chi connectivity index (χ1) is 10.6. The smallest absolute Gasteiger partial charge is 0.326 e. The van der Waals surface area contributed by atoms with Crippen LogP contribution in [-0.4, -0.2) is 20.1 Å². The molecule has 1 aliphatic rings. The predicted molar refractivity (Wildman–Crippen MR) is 85.2 cm³/mol.